The first-order valence-electron chi connectivity index (χ1n) is 6.41. The lowest BCUT2D eigenvalue weighted by Crippen LogP contribution is -2.01. The molecule has 2 nitrogen and oxygen atoms in total. The first-order valence-corrected chi connectivity index (χ1v) is 7.63. The van der Waals surface area contributed by atoms with Gasteiger partial charge >= 0.3 is 0 Å². The van der Waals surface area contributed by atoms with Crippen LogP contribution in [0.5, 0.6) is 11.5 Å². The zero-order valence-corrected chi connectivity index (χ0v) is 12.2. The normalized spacial score (nSPS) is 10.5. The van der Waals surface area contributed by atoms with Crippen molar-refractivity contribution in [1.29, 1.82) is 0 Å². The van der Waals surface area contributed by atoms with Gasteiger partial charge in [0.2, 0.25) is 0 Å². The smallest absolute Gasteiger partial charge is 0.133 e. The summed E-state index contributed by atoms with van der Waals surface area (Å²) in [6.45, 7) is 2.63. The van der Waals surface area contributed by atoms with Crippen LogP contribution in [0.1, 0.15) is 18.1 Å². The van der Waals surface area contributed by atoms with E-state index >= 15 is 0 Å². The lowest BCUT2D eigenvalue weighted by atomic mass is 10.1. The molecule has 0 aliphatic heterocycles. The third-order valence-electron chi connectivity index (χ3n) is 3.07. The van der Waals surface area contributed by atoms with Crippen LogP contribution in [0, 0.1) is 0 Å². The van der Waals surface area contributed by atoms with Gasteiger partial charge in [-0.15, -0.1) is 11.8 Å². The van der Waals surface area contributed by atoms with E-state index in [0.717, 1.165) is 23.5 Å². The molecule has 0 aliphatic rings. The first kappa shape index (κ1) is 14.0. The summed E-state index contributed by atoms with van der Waals surface area (Å²) in [6, 6.07) is 14.2. The second kappa shape index (κ2) is 6.64. The highest BCUT2D eigenvalue weighted by molar-refractivity contribution is 7.98. The van der Waals surface area contributed by atoms with Crippen LogP contribution >= 0.6 is 11.8 Å². The quantitative estimate of drug-likeness (QED) is 0.828. The molecule has 100 valence electrons. The van der Waals surface area contributed by atoms with E-state index in [2.05, 4.69) is 25.1 Å². The van der Waals surface area contributed by atoms with Crippen LogP contribution in [0.4, 0.5) is 0 Å². The van der Waals surface area contributed by atoms with Gasteiger partial charge in [-0.1, -0.05) is 25.1 Å². The monoisotopic (exact) mass is 273 g/mol. The summed E-state index contributed by atoms with van der Waals surface area (Å²) < 4.78 is 5.95. The second-order valence-electron chi connectivity index (χ2n) is 4.24. The fourth-order valence-corrected chi connectivity index (χ4v) is 2.60. The van der Waals surface area contributed by atoms with Gasteiger partial charge in [-0.05, 0) is 42.5 Å². The van der Waals surface area contributed by atoms with Gasteiger partial charge in [0, 0.05) is 17.0 Å². The van der Waals surface area contributed by atoms with Crippen molar-refractivity contribution in [2.45, 2.75) is 24.8 Å². The number of benzene rings is 2. The summed E-state index contributed by atoms with van der Waals surface area (Å²) >= 11 is 1.69. The zero-order valence-electron chi connectivity index (χ0n) is 11.3. The average Bonchev–Trinajstić information content (AvgIpc) is 2.47. The van der Waals surface area contributed by atoms with Crippen molar-refractivity contribution >= 4 is 11.8 Å². The lowest BCUT2D eigenvalue weighted by molar-refractivity contribution is 0.474. The largest absolute Gasteiger partial charge is 0.457 e. The summed E-state index contributed by atoms with van der Waals surface area (Å²) in [4.78, 5) is 1.17. The fraction of sp³-hybridized carbons (Fsp3) is 0.250. The zero-order chi connectivity index (χ0) is 13.7. The van der Waals surface area contributed by atoms with Gasteiger partial charge in [0.25, 0.3) is 0 Å². The molecule has 0 heterocycles. The molecule has 0 aromatic heterocycles. The van der Waals surface area contributed by atoms with Crippen LogP contribution in [0.25, 0.3) is 0 Å². The van der Waals surface area contributed by atoms with E-state index < -0.39 is 0 Å². The van der Waals surface area contributed by atoms with Crippen LogP contribution in [0.15, 0.2) is 47.4 Å². The minimum absolute atomic E-state index is 0.486. The Bertz CT molecular complexity index is 537. The van der Waals surface area contributed by atoms with Gasteiger partial charge in [-0.3, -0.25) is 0 Å². The van der Waals surface area contributed by atoms with Crippen LogP contribution < -0.4 is 10.5 Å². The molecule has 0 bridgehead atoms. The van der Waals surface area contributed by atoms with Crippen LogP contribution in [-0.4, -0.2) is 6.26 Å². The highest BCUT2D eigenvalue weighted by atomic mass is 32.2. The molecule has 0 radical (unpaired) electrons. The minimum atomic E-state index is 0.486. The lowest BCUT2D eigenvalue weighted by Gasteiger charge is -2.13. The molecule has 0 atom stereocenters. The first-order chi connectivity index (χ1) is 9.28. The summed E-state index contributed by atoms with van der Waals surface area (Å²) in [6.07, 6.45) is 3.09. The molecule has 0 fully saturated rings. The summed E-state index contributed by atoms with van der Waals surface area (Å²) in [5.41, 5.74) is 8.21. The molecule has 0 saturated carbocycles. The van der Waals surface area contributed by atoms with Crippen molar-refractivity contribution in [1.82, 2.24) is 0 Å². The number of nitrogens with two attached hydrogens (primary N) is 1. The Morgan fingerprint density at radius 2 is 1.84 bits per heavy atom. The van der Waals surface area contributed by atoms with Gasteiger partial charge in [-0.2, -0.15) is 0 Å². The topological polar surface area (TPSA) is 35.2 Å². The maximum atomic E-state index is 5.95. The second-order valence-corrected chi connectivity index (χ2v) is 5.09. The van der Waals surface area contributed by atoms with Crippen LogP contribution in [0.3, 0.4) is 0 Å². The number of hydrogen-bond donors (Lipinski definition) is 1. The third-order valence-corrected chi connectivity index (χ3v) is 3.90. The van der Waals surface area contributed by atoms with E-state index in [0.29, 0.717) is 6.54 Å². The maximum Gasteiger partial charge on any atom is 0.133 e. The number of hydrogen-bond acceptors (Lipinski definition) is 3. The van der Waals surface area contributed by atoms with E-state index in [1.165, 1.54) is 10.5 Å². The molecular formula is C16H19NOS. The predicted octanol–water partition coefficient (Wildman–Crippen LogP) is 4.22. The van der Waals surface area contributed by atoms with Crippen molar-refractivity contribution in [2.75, 3.05) is 6.26 Å². The Morgan fingerprint density at radius 1 is 1.11 bits per heavy atom. The van der Waals surface area contributed by atoms with E-state index in [4.69, 9.17) is 10.5 Å². The maximum absolute atomic E-state index is 5.95. The van der Waals surface area contributed by atoms with Gasteiger partial charge in [0.1, 0.15) is 11.5 Å². The molecule has 0 amide bonds. The van der Waals surface area contributed by atoms with Gasteiger partial charge in [-0.25, -0.2) is 0 Å². The van der Waals surface area contributed by atoms with Crippen molar-refractivity contribution in [3.63, 3.8) is 0 Å². The predicted molar refractivity (Wildman–Crippen MR) is 82.0 cm³/mol. The van der Waals surface area contributed by atoms with Crippen molar-refractivity contribution in [3.8, 4) is 11.5 Å². The molecule has 0 spiro atoms. The third kappa shape index (κ3) is 3.31. The summed E-state index contributed by atoms with van der Waals surface area (Å²) in [5.74, 6) is 1.70. The van der Waals surface area contributed by atoms with E-state index in [-0.39, 0.29) is 0 Å². The SMILES string of the molecule is CCc1ccc(Oc2cccc(SC)c2CN)cc1. The molecule has 0 saturated heterocycles. The van der Waals surface area contributed by atoms with Gasteiger partial charge < -0.3 is 10.5 Å². The molecule has 3 heteroatoms. The Labute approximate surface area is 119 Å². The standard InChI is InChI=1S/C16H19NOS/c1-3-12-7-9-13(10-8-12)18-15-5-4-6-16(19-2)14(15)11-17/h4-10H,3,11,17H2,1-2H3. The number of aryl methyl sites for hydroxylation is 1. The molecular weight excluding hydrogens is 254 g/mol. The Hall–Kier alpha value is -1.45. The fourth-order valence-electron chi connectivity index (χ4n) is 1.95. The van der Waals surface area contributed by atoms with E-state index in [1.807, 2.05) is 30.5 Å². The van der Waals surface area contributed by atoms with E-state index in [1.54, 1.807) is 11.8 Å². The molecule has 19 heavy (non-hydrogen) atoms. The number of rotatable bonds is 5. The van der Waals surface area contributed by atoms with Crippen LogP contribution in [0.2, 0.25) is 0 Å². The summed E-state index contributed by atoms with van der Waals surface area (Å²) in [5, 5.41) is 0. The van der Waals surface area contributed by atoms with Gasteiger partial charge in [0.05, 0.1) is 0 Å². The van der Waals surface area contributed by atoms with E-state index in [9.17, 15) is 0 Å². The summed E-state index contributed by atoms with van der Waals surface area (Å²) in [7, 11) is 0. The van der Waals surface area contributed by atoms with Crippen molar-refractivity contribution < 1.29 is 4.74 Å². The molecule has 2 aromatic carbocycles. The van der Waals surface area contributed by atoms with Crippen LogP contribution in [-0.2, 0) is 13.0 Å². The number of thioether (sulfide) groups is 1. The molecule has 2 aromatic rings. The molecule has 2 N–H and O–H groups in total. The average molecular weight is 273 g/mol. The number of ether oxygens (including phenoxy) is 1. The molecule has 0 unspecified atom stereocenters. The van der Waals surface area contributed by atoms with Gasteiger partial charge in [0.15, 0.2) is 0 Å². The van der Waals surface area contributed by atoms with Crippen molar-refractivity contribution in [2.24, 2.45) is 5.73 Å². The molecule has 2 rings (SSSR count). The Balaban J connectivity index is 2.26. The van der Waals surface area contributed by atoms with Crippen molar-refractivity contribution in [3.05, 3.63) is 53.6 Å². The Morgan fingerprint density at radius 3 is 2.42 bits per heavy atom. The molecule has 0 aliphatic carbocycles. The Kier molecular flexibility index (Phi) is 4.88. The highest BCUT2D eigenvalue weighted by Gasteiger charge is 2.08. The highest BCUT2D eigenvalue weighted by Crippen LogP contribution is 2.31. The minimum Gasteiger partial charge on any atom is -0.457 e.